The van der Waals surface area contributed by atoms with Crippen LogP contribution in [0.1, 0.15) is 53.3 Å². The van der Waals surface area contributed by atoms with Gasteiger partial charge in [0.1, 0.15) is 5.58 Å². The lowest BCUT2D eigenvalue weighted by Crippen LogP contribution is -2.31. The lowest BCUT2D eigenvalue weighted by molar-refractivity contribution is 0.0899. The summed E-state index contributed by atoms with van der Waals surface area (Å²) < 4.78 is 5.64. The standard InChI is InChI=1S/C21H20ClNO3/c1-12(2)20(15-6-4-14(5-7-15)13(3)24)23-21(25)19-11-16-10-17(22)8-9-18(16)26-19/h4-12,20H,1-3H3,(H,23,25). The number of hydrogen-bond donors (Lipinski definition) is 1. The van der Waals surface area contributed by atoms with Crippen LogP contribution in [0.4, 0.5) is 0 Å². The summed E-state index contributed by atoms with van der Waals surface area (Å²) in [7, 11) is 0. The zero-order chi connectivity index (χ0) is 18.8. The van der Waals surface area contributed by atoms with Gasteiger partial charge >= 0.3 is 0 Å². The van der Waals surface area contributed by atoms with Gasteiger partial charge in [0, 0.05) is 16.0 Å². The second-order valence-electron chi connectivity index (χ2n) is 6.67. The van der Waals surface area contributed by atoms with Gasteiger partial charge in [-0.15, -0.1) is 0 Å². The predicted molar refractivity (Wildman–Crippen MR) is 103 cm³/mol. The first-order valence-electron chi connectivity index (χ1n) is 8.46. The van der Waals surface area contributed by atoms with E-state index in [2.05, 4.69) is 5.32 Å². The summed E-state index contributed by atoms with van der Waals surface area (Å²) in [4.78, 5) is 24.1. The summed E-state index contributed by atoms with van der Waals surface area (Å²) in [5.41, 5.74) is 2.21. The van der Waals surface area contributed by atoms with Gasteiger partial charge in [-0.2, -0.15) is 0 Å². The summed E-state index contributed by atoms with van der Waals surface area (Å²) in [6.07, 6.45) is 0. The van der Waals surface area contributed by atoms with Crippen LogP contribution in [-0.4, -0.2) is 11.7 Å². The Morgan fingerprint density at radius 3 is 2.35 bits per heavy atom. The molecule has 2 aromatic carbocycles. The highest BCUT2D eigenvalue weighted by Crippen LogP contribution is 2.26. The summed E-state index contributed by atoms with van der Waals surface area (Å²) in [5, 5.41) is 4.40. The van der Waals surface area contributed by atoms with Crippen LogP contribution in [0.3, 0.4) is 0 Å². The average Bonchev–Trinajstić information content (AvgIpc) is 3.02. The van der Waals surface area contributed by atoms with Crippen molar-refractivity contribution in [2.45, 2.75) is 26.8 Å². The molecule has 0 spiro atoms. The number of furan rings is 1. The summed E-state index contributed by atoms with van der Waals surface area (Å²) >= 11 is 5.98. The average molecular weight is 370 g/mol. The normalized spacial score (nSPS) is 12.3. The third-order valence-corrected chi connectivity index (χ3v) is 4.57. The fourth-order valence-corrected chi connectivity index (χ4v) is 3.08. The molecule has 4 nitrogen and oxygen atoms in total. The molecular formula is C21H20ClNO3. The third kappa shape index (κ3) is 3.81. The summed E-state index contributed by atoms with van der Waals surface area (Å²) in [6.45, 7) is 5.59. The summed E-state index contributed by atoms with van der Waals surface area (Å²) in [5.74, 6) is 0.142. The Kier molecular flexibility index (Phi) is 5.14. The number of nitrogens with one attached hydrogen (secondary N) is 1. The van der Waals surface area contributed by atoms with E-state index in [1.165, 1.54) is 6.92 Å². The molecule has 3 aromatic rings. The minimum atomic E-state index is -0.285. The van der Waals surface area contributed by atoms with Crippen LogP contribution >= 0.6 is 11.6 Å². The van der Waals surface area contributed by atoms with Crippen LogP contribution in [0.25, 0.3) is 11.0 Å². The molecule has 0 saturated carbocycles. The van der Waals surface area contributed by atoms with E-state index in [0.717, 1.165) is 10.9 Å². The van der Waals surface area contributed by atoms with Crippen molar-refractivity contribution in [3.8, 4) is 0 Å². The van der Waals surface area contributed by atoms with E-state index in [0.29, 0.717) is 16.2 Å². The highest BCUT2D eigenvalue weighted by molar-refractivity contribution is 6.31. The molecular weight excluding hydrogens is 350 g/mol. The monoisotopic (exact) mass is 369 g/mol. The SMILES string of the molecule is CC(=O)c1ccc(C(NC(=O)c2cc3cc(Cl)ccc3o2)C(C)C)cc1. The number of halogens is 1. The molecule has 0 aliphatic heterocycles. The Morgan fingerprint density at radius 1 is 1.04 bits per heavy atom. The van der Waals surface area contributed by atoms with Gasteiger partial charge in [-0.3, -0.25) is 9.59 Å². The number of benzene rings is 2. The minimum Gasteiger partial charge on any atom is -0.451 e. The molecule has 1 aromatic heterocycles. The largest absolute Gasteiger partial charge is 0.451 e. The molecule has 5 heteroatoms. The van der Waals surface area contributed by atoms with E-state index in [9.17, 15) is 9.59 Å². The maximum absolute atomic E-state index is 12.7. The van der Waals surface area contributed by atoms with Crippen LogP contribution in [0.2, 0.25) is 5.02 Å². The van der Waals surface area contributed by atoms with Crippen molar-refractivity contribution in [3.05, 3.63) is 70.4 Å². The second-order valence-corrected chi connectivity index (χ2v) is 7.10. The molecule has 134 valence electrons. The highest BCUT2D eigenvalue weighted by Gasteiger charge is 2.21. The van der Waals surface area contributed by atoms with Gasteiger partial charge in [-0.25, -0.2) is 0 Å². The first kappa shape index (κ1) is 18.2. The number of amides is 1. The van der Waals surface area contributed by atoms with Crippen molar-refractivity contribution >= 4 is 34.3 Å². The molecule has 1 N–H and O–H groups in total. The van der Waals surface area contributed by atoms with Gasteiger partial charge in [-0.1, -0.05) is 49.7 Å². The maximum Gasteiger partial charge on any atom is 0.287 e. The van der Waals surface area contributed by atoms with E-state index in [-0.39, 0.29) is 29.4 Å². The number of carbonyl (C=O) groups is 2. The number of rotatable bonds is 5. The van der Waals surface area contributed by atoms with Gasteiger partial charge in [0.25, 0.3) is 5.91 Å². The Balaban J connectivity index is 1.84. The Morgan fingerprint density at radius 2 is 1.73 bits per heavy atom. The lowest BCUT2D eigenvalue weighted by Gasteiger charge is -2.22. The van der Waals surface area contributed by atoms with Gasteiger partial charge in [0.15, 0.2) is 11.5 Å². The topological polar surface area (TPSA) is 59.3 Å². The van der Waals surface area contributed by atoms with E-state index in [1.54, 1.807) is 36.4 Å². The van der Waals surface area contributed by atoms with Crippen molar-refractivity contribution in [1.82, 2.24) is 5.32 Å². The van der Waals surface area contributed by atoms with Crippen LogP contribution < -0.4 is 5.32 Å². The molecule has 1 heterocycles. The quantitative estimate of drug-likeness (QED) is 0.611. The van der Waals surface area contributed by atoms with Crippen LogP contribution in [-0.2, 0) is 0 Å². The fraction of sp³-hybridized carbons (Fsp3) is 0.238. The van der Waals surface area contributed by atoms with E-state index < -0.39 is 0 Å². The molecule has 0 radical (unpaired) electrons. The van der Waals surface area contributed by atoms with Crippen LogP contribution in [0.5, 0.6) is 0 Å². The minimum absolute atomic E-state index is 0.0163. The van der Waals surface area contributed by atoms with Crippen molar-refractivity contribution in [3.63, 3.8) is 0 Å². The number of carbonyl (C=O) groups excluding carboxylic acids is 2. The summed E-state index contributed by atoms with van der Waals surface area (Å²) in [6, 6.07) is 14.0. The Hall–Kier alpha value is -2.59. The van der Waals surface area contributed by atoms with Gasteiger partial charge < -0.3 is 9.73 Å². The fourth-order valence-electron chi connectivity index (χ4n) is 2.90. The molecule has 1 atom stereocenters. The van der Waals surface area contributed by atoms with Gasteiger partial charge in [-0.05, 0) is 42.7 Å². The Labute approximate surface area is 157 Å². The first-order chi connectivity index (χ1) is 12.3. The molecule has 0 bridgehead atoms. The molecule has 26 heavy (non-hydrogen) atoms. The third-order valence-electron chi connectivity index (χ3n) is 4.33. The number of ketones is 1. The van der Waals surface area contributed by atoms with Crippen molar-refractivity contribution in [2.75, 3.05) is 0 Å². The number of fused-ring (bicyclic) bond motifs is 1. The van der Waals surface area contributed by atoms with Crippen molar-refractivity contribution < 1.29 is 14.0 Å². The molecule has 0 aliphatic carbocycles. The predicted octanol–water partition coefficient (Wildman–Crippen LogP) is 5.42. The van der Waals surface area contributed by atoms with Crippen LogP contribution in [0, 0.1) is 5.92 Å². The molecule has 0 aliphatic rings. The zero-order valence-electron chi connectivity index (χ0n) is 14.9. The molecule has 0 fully saturated rings. The molecule has 1 amide bonds. The molecule has 1 unspecified atom stereocenters. The van der Waals surface area contributed by atoms with E-state index in [4.69, 9.17) is 16.0 Å². The number of Topliss-reactive ketones (excluding diaryl/α,β-unsaturated/α-hetero) is 1. The molecule has 0 saturated heterocycles. The van der Waals surface area contributed by atoms with Crippen LogP contribution in [0.15, 0.2) is 52.9 Å². The van der Waals surface area contributed by atoms with E-state index in [1.807, 2.05) is 26.0 Å². The van der Waals surface area contributed by atoms with E-state index >= 15 is 0 Å². The number of hydrogen-bond acceptors (Lipinski definition) is 3. The lowest BCUT2D eigenvalue weighted by atomic mass is 9.94. The van der Waals surface area contributed by atoms with Crippen molar-refractivity contribution in [2.24, 2.45) is 5.92 Å². The smallest absolute Gasteiger partial charge is 0.287 e. The molecule has 3 rings (SSSR count). The Bertz CT molecular complexity index is 957. The maximum atomic E-state index is 12.7. The van der Waals surface area contributed by atoms with Gasteiger partial charge in [0.05, 0.1) is 6.04 Å². The van der Waals surface area contributed by atoms with Gasteiger partial charge in [0.2, 0.25) is 0 Å². The first-order valence-corrected chi connectivity index (χ1v) is 8.84. The van der Waals surface area contributed by atoms with Crippen molar-refractivity contribution in [1.29, 1.82) is 0 Å². The second kappa shape index (κ2) is 7.34. The zero-order valence-corrected chi connectivity index (χ0v) is 15.6. The highest BCUT2D eigenvalue weighted by atomic mass is 35.5.